The van der Waals surface area contributed by atoms with Gasteiger partial charge in [0.05, 0.1) is 13.2 Å². The van der Waals surface area contributed by atoms with Gasteiger partial charge in [-0.25, -0.2) is 4.79 Å². The molecule has 0 heterocycles. The number of hydrogen-bond donors (Lipinski definition) is 4. The first kappa shape index (κ1) is 26.0. The van der Waals surface area contributed by atoms with Gasteiger partial charge < -0.3 is 25.5 Å². The molecule has 1 atom stereocenters. The topological polar surface area (TPSA) is 110 Å². The number of nitrogens with one attached hydrogen (secondary N) is 1. The Morgan fingerprint density at radius 2 is 1.57 bits per heavy atom. The minimum absolute atomic E-state index is 0.0674. The summed E-state index contributed by atoms with van der Waals surface area (Å²) in [5, 5.41) is 31.3. The molecule has 4 N–H and O–H groups in total. The molecule has 0 aromatic heterocycles. The minimum atomic E-state index is -5.18. The van der Waals surface area contributed by atoms with E-state index in [-0.39, 0.29) is 19.6 Å². The Hall–Kier alpha value is -3.63. The monoisotopic (exact) mass is 490 g/mol. The van der Waals surface area contributed by atoms with Gasteiger partial charge in [0.15, 0.2) is 0 Å². The largest absolute Gasteiger partial charge is 0.480 e. The van der Waals surface area contributed by atoms with Crippen LogP contribution in [0.2, 0.25) is 0 Å². The highest BCUT2D eigenvalue weighted by molar-refractivity contribution is 5.97. The number of hydrogen-bond acceptors (Lipinski definition) is 5. The van der Waals surface area contributed by atoms with Gasteiger partial charge in [0.25, 0.3) is 0 Å². The molecule has 0 unspecified atom stereocenters. The molecule has 0 saturated carbocycles. The number of aliphatic hydroxyl groups excluding tert-OH is 2. The Kier molecular flexibility index (Phi) is 8.31. The summed E-state index contributed by atoms with van der Waals surface area (Å²) in [5.74, 6) is -3.87. The van der Waals surface area contributed by atoms with Gasteiger partial charge in [-0.1, -0.05) is 48.5 Å². The predicted octanol–water partition coefficient (Wildman–Crippen LogP) is 2.97. The number of carboxylic acids is 1. The third-order valence-electron chi connectivity index (χ3n) is 5.50. The molecule has 186 valence electrons. The number of benzene rings is 3. The lowest BCUT2D eigenvalue weighted by atomic mass is 9.97. The van der Waals surface area contributed by atoms with Crippen LogP contribution < -0.4 is 10.2 Å². The number of halogens is 3. The quantitative estimate of drug-likeness (QED) is 0.348. The fraction of sp³-hybridized carbons (Fsp3) is 0.280. The van der Waals surface area contributed by atoms with Gasteiger partial charge in [-0.15, -0.1) is 0 Å². The molecule has 3 aromatic carbocycles. The zero-order valence-corrected chi connectivity index (χ0v) is 18.6. The first-order valence-corrected chi connectivity index (χ1v) is 10.8. The van der Waals surface area contributed by atoms with E-state index in [4.69, 9.17) is 0 Å². The van der Waals surface area contributed by atoms with Gasteiger partial charge in [-0.05, 0) is 34.2 Å². The van der Waals surface area contributed by atoms with E-state index in [1.54, 1.807) is 24.3 Å². The normalized spacial score (nSPS) is 12.4. The zero-order valence-electron chi connectivity index (χ0n) is 18.6. The first-order chi connectivity index (χ1) is 16.6. The molecule has 7 nitrogen and oxygen atoms in total. The maximum atomic E-state index is 12.6. The van der Waals surface area contributed by atoms with Crippen LogP contribution in [0, 0.1) is 0 Å². The number of carbonyl (C=O) groups is 2. The molecule has 0 aliphatic heterocycles. The van der Waals surface area contributed by atoms with Crippen molar-refractivity contribution >= 4 is 28.3 Å². The van der Waals surface area contributed by atoms with Crippen molar-refractivity contribution in [3.63, 3.8) is 0 Å². The number of nitrogens with zero attached hydrogens (tertiary/aromatic N) is 1. The number of aliphatic carboxylic acids is 1. The SMILES string of the molecule is O=C(O)[C@H](Cc1cccc(-c2ccc3c(N(CCO)CCO)cccc3c2)c1)NC(=O)C(F)(F)F. The van der Waals surface area contributed by atoms with E-state index in [1.807, 2.05) is 41.3 Å². The Balaban J connectivity index is 1.89. The second-order valence-corrected chi connectivity index (χ2v) is 7.91. The van der Waals surface area contributed by atoms with Crippen molar-refractivity contribution in [3.8, 4) is 11.1 Å². The highest BCUT2D eigenvalue weighted by Gasteiger charge is 2.40. The van der Waals surface area contributed by atoms with Crippen molar-refractivity contribution in [1.82, 2.24) is 5.32 Å². The second-order valence-electron chi connectivity index (χ2n) is 7.91. The molecule has 0 aliphatic rings. The van der Waals surface area contributed by atoms with Crippen LogP contribution in [0.25, 0.3) is 21.9 Å². The van der Waals surface area contributed by atoms with Gasteiger partial charge in [0.2, 0.25) is 0 Å². The standard InChI is InChI=1S/C25H25F3N2O5/c26-25(27,28)24(35)29-21(23(33)34)14-16-3-1-4-17(13-16)18-7-8-20-19(15-18)5-2-6-22(20)30(9-11-31)10-12-32/h1-8,13,15,21,31-32H,9-12,14H2,(H,29,35)(H,33,34)/t21-/m0/s1. The third-order valence-corrected chi connectivity index (χ3v) is 5.50. The number of fused-ring (bicyclic) bond motifs is 1. The van der Waals surface area contributed by atoms with E-state index in [1.165, 1.54) is 5.32 Å². The average molecular weight is 490 g/mol. The summed E-state index contributed by atoms with van der Waals surface area (Å²) in [4.78, 5) is 24.5. The minimum Gasteiger partial charge on any atom is -0.480 e. The van der Waals surface area contributed by atoms with E-state index in [0.717, 1.165) is 27.6 Å². The Morgan fingerprint density at radius 1 is 0.914 bits per heavy atom. The summed E-state index contributed by atoms with van der Waals surface area (Å²) in [6, 6.07) is 16.3. The van der Waals surface area contributed by atoms with Crippen molar-refractivity contribution < 1.29 is 38.1 Å². The number of carboxylic acid groups (broad SMARTS) is 1. The van der Waals surface area contributed by atoms with Gasteiger partial charge >= 0.3 is 18.1 Å². The van der Waals surface area contributed by atoms with Gasteiger partial charge in [-0.2, -0.15) is 13.2 Å². The smallest absolute Gasteiger partial charge is 0.471 e. The van der Waals surface area contributed by atoms with Crippen LogP contribution in [0.5, 0.6) is 0 Å². The van der Waals surface area contributed by atoms with E-state index >= 15 is 0 Å². The van der Waals surface area contributed by atoms with Crippen molar-refractivity contribution in [1.29, 1.82) is 0 Å². The lowest BCUT2D eigenvalue weighted by Crippen LogP contribution is -2.47. The molecule has 0 saturated heterocycles. The summed E-state index contributed by atoms with van der Waals surface area (Å²) < 4.78 is 37.7. The molecule has 0 aliphatic carbocycles. The Morgan fingerprint density at radius 3 is 2.20 bits per heavy atom. The average Bonchev–Trinajstić information content (AvgIpc) is 2.82. The second kappa shape index (κ2) is 11.2. The van der Waals surface area contributed by atoms with Crippen molar-refractivity contribution in [2.24, 2.45) is 0 Å². The van der Waals surface area contributed by atoms with Crippen LogP contribution in [-0.2, 0) is 16.0 Å². The molecule has 3 aromatic rings. The number of aliphatic hydroxyl groups is 2. The van der Waals surface area contributed by atoms with Gasteiger partial charge in [0.1, 0.15) is 6.04 Å². The summed E-state index contributed by atoms with van der Waals surface area (Å²) in [6.45, 7) is 0.586. The van der Waals surface area contributed by atoms with Crippen molar-refractivity contribution in [3.05, 3.63) is 66.2 Å². The number of carbonyl (C=O) groups excluding carboxylic acids is 1. The lowest BCUT2D eigenvalue weighted by molar-refractivity contribution is -0.175. The summed E-state index contributed by atoms with van der Waals surface area (Å²) in [7, 11) is 0. The fourth-order valence-corrected chi connectivity index (χ4v) is 3.87. The predicted molar refractivity (Wildman–Crippen MR) is 125 cm³/mol. The Labute approximate surface area is 199 Å². The molecule has 0 spiro atoms. The third kappa shape index (κ3) is 6.49. The van der Waals surface area contributed by atoms with E-state index in [9.17, 15) is 38.1 Å². The molecule has 3 rings (SSSR count). The van der Waals surface area contributed by atoms with E-state index in [2.05, 4.69) is 0 Å². The number of rotatable bonds is 10. The van der Waals surface area contributed by atoms with E-state index < -0.39 is 24.1 Å². The molecule has 1 amide bonds. The van der Waals surface area contributed by atoms with E-state index in [0.29, 0.717) is 18.7 Å². The van der Waals surface area contributed by atoms with Gasteiger partial charge in [-0.3, -0.25) is 4.79 Å². The molecule has 0 radical (unpaired) electrons. The molecule has 10 heteroatoms. The zero-order chi connectivity index (χ0) is 25.6. The number of amides is 1. The molecular formula is C25H25F3N2O5. The number of alkyl halides is 3. The maximum Gasteiger partial charge on any atom is 0.471 e. The van der Waals surface area contributed by atoms with Crippen molar-refractivity contribution in [2.75, 3.05) is 31.2 Å². The van der Waals surface area contributed by atoms with Crippen LogP contribution in [-0.4, -0.2) is 65.7 Å². The van der Waals surface area contributed by atoms with Crippen molar-refractivity contribution in [2.45, 2.75) is 18.6 Å². The van der Waals surface area contributed by atoms with Crippen LogP contribution in [0.15, 0.2) is 60.7 Å². The number of anilines is 1. The van der Waals surface area contributed by atoms with Crippen LogP contribution in [0.1, 0.15) is 5.56 Å². The molecule has 0 bridgehead atoms. The first-order valence-electron chi connectivity index (χ1n) is 10.8. The summed E-state index contributed by atoms with van der Waals surface area (Å²) >= 11 is 0. The Bertz CT molecular complexity index is 1190. The summed E-state index contributed by atoms with van der Waals surface area (Å²) in [5.41, 5.74) is 2.83. The van der Waals surface area contributed by atoms with Gasteiger partial charge in [0, 0.05) is 30.6 Å². The molecule has 35 heavy (non-hydrogen) atoms. The van der Waals surface area contributed by atoms with Crippen LogP contribution in [0.3, 0.4) is 0 Å². The lowest BCUT2D eigenvalue weighted by Gasteiger charge is -2.24. The van der Waals surface area contributed by atoms with Crippen LogP contribution >= 0.6 is 0 Å². The van der Waals surface area contributed by atoms with Crippen LogP contribution in [0.4, 0.5) is 18.9 Å². The fourth-order valence-electron chi connectivity index (χ4n) is 3.87. The maximum absolute atomic E-state index is 12.6. The molecule has 0 fully saturated rings. The molecular weight excluding hydrogens is 465 g/mol. The summed E-state index contributed by atoms with van der Waals surface area (Å²) in [6.07, 6.45) is -5.50. The highest BCUT2D eigenvalue weighted by Crippen LogP contribution is 2.31. The highest BCUT2D eigenvalue weighted by atomic mass is 19.4.